The number of alkyl halides is 3. The molecule has 8 aromatic rings. The van der Waals surface area contributed by atoms with E-state index in [0.717, 1.165) is 144 Å². The first-order valence-corrected chi connectivity index (χ1v) is 48.5. The van der Waals surface area contributed by atoms with Gasteiger partial charge in [0.15, 0.2) is 0 Å². The van der Waals surface area contributed by atoms with E-state index < -0.39 is 98.9 Å². The number of fused-ring (bicyclic) bond motifs is 10. The zero-order valence-corrected chi connectivity index (χ0v) is 73.3. The maximum absolute atomic E-state index is 13.8. The van der Waals surface area contributed by atoms with Crippen LogP contribution in [0.3, 0.4) is 0 Å². The lowest BCUT2D eigenvalue weighted by molar-refractivity contribution is -0.138. The summed E-state index contributed by atoms with van der Waals surface area (Å²) in [5.74, 6) is 1.97. The van der Waals surface area contributed by atoms with Gasteiger partial charge in [0, 0.05) is 95.0 Å². The maximum atomic E-state index is 13.8. The second-order valence-electron chi connectivity index (χ2n) is 34.2. The minimum absolute atomic E-state index is 0.142. The molecular formula is C88H98F3N11O20S4. The van der Waals surface area contributed by atoms with Crippen LogP contribution in [0, 0.1) is 22.7 Å². The summed E-state index contributed by atoms with van der Waals surface area (Å²) in [5, 5.41) is 71.4. The summed E-state index contributed by atoms with van der Waals surface area (Å²) >= 11 is 0. The Kier molecular flexibility index (Phi) is 25.2. The number of carbonyl (C=O) groups excluding carboxylic acids is 4. The number of aliphatic hydroxyl groups is 3. The number of amides is 8. The molecule has 0 aliphatic heterocycles. The molecule has 38 heteroatoms. The third kappa shape index (κ3) is 17.8. The number of rotatable bonds is 14. The molecule has 0 saturated carbocycles. The summed E-state index contributed by atoms with van der Waals surface area (Å²) < 4.78 is 173. The highest BCUT2D eigenvalue weighted by Crippen LogP contribution is 2.50. The van der Waals surface area contributed by atoms with Gasteiger partial charge in [-0.15, -0.1) is 0 Å². The second kappa shape index (κ2) is 35.3. The number of nitrogens with one attached hydrogen (secondary N) is 8. The normalized spacial score (nSPS) is 19.0. The molecule has 3 atom stereocenters. The number of carbonyl (C=O) groups is 4. The van der Waals surface area contributed by atoms with Crippen LogP contribution in [-0.4, -0.2) is 84.0 Å². The molecule has 31 nitrogen and oxygen atoms in total. The zero-order chi connectivity index (χ0) is 90.0. The van der Waals surface area contributed by atoms with E-state index in [0.29, 0.717) is 188 Å². The first-order valence-electron chi connectivity index (χ1n) is 42.5. The summed E-state index contributed by atoms with van der Waals surface area (Å²) in [4.78, 5) is 50.8. The lowest BCUT2D eigenvalue weighted by Gasteiger charge is -2.26. The van der Waals surface area contributed by atoms with Crippen LogP contribution in [0.4, 0.5) is 55.1 Å². The first kappa shape index (κ1) is 89.8. The van der Waals surface area contributed by atoms with Crippen LogP contribution in [0.1, 0.15) is 288 Å². The SMILES string of the molecule is CC(C)c1cccc(C(C)C)c1NC(=O)NS(=O)(=O)c1cc2c(o1)CCC/C2=N/O.CC1(O)CCCc2oc(S(=O)(=O)NC(=O)Nc3c4c(c(C#N)c5c3CCC5)CCC4)cc21.N#Cc1c2c(c(NC(=O)NS(=O)(=O)c3cc4c(o3)CCCC4O)c3c1CCC3)CCC2.O=C(Nc1c2c(c(C(F)(F)F)c3c1CCC3)CCC2)NS(=O)(=O)c1cc2c(o1)CCCC2O. The molecule has 0 spiro atoms. The summed E-state index contributed by atoms with van der Waals surface area (Å²) in [6.07, 6.45) is 13.1. The van der Waals surface area contributed by atoms with Crippen LogP contribution in [0.15, 0.2) is 85.7 Å². The number of urea groups is 4. The average molecular weight is 1820 g/mol. The van der Waals surface area contributed by atoms with E-state index in [1.54, 1.807) is 6.92 Å². The van der Waals surface area contributed by atoms with Crippen molar-refractivity contribution in [3.63, 3.8) is 0 Å². The van der Waals surface area contributed by atoms with Gasteiger partial charge in [-0.1, -0.05) is 51.0 Å². The number of hydrogen-bond donors (Lipinski definition) is 12. The Morgan fingerprint density at radius 3 is 1.12 bits per heavy atom. The Bertz CT molecular complexity index is 6250. The third-order valence-corrected chi connectivity index (χ3v) is 30.1. The van der Waals surface area contributed by atoms with Crippen LogP contribution in [0.5, 0.6) is 0 Å². The molecule has 10 aliphatic carbocycles. The number of aryl methyl sites for hydroxylation is 4. The number of anilines is 4. The van der Waals surface area contributed by atoms with Gasteiger partial charge in [-0.2, -0.15) is 57.4 Å². The van der Waals surface area contributed by atoms with E-state index in [1.807, 2.05) is 60.1 Å². The molecule has 0 saturated heterocycles. The number of sulfonamides is 4. The van der Waals surface area contributed by atoms with Gasteiger partial charge in [0.05, 0.1) is 52.3 Å². The van der Waals surface area contributed by atoms with Crippen molar-refractivity contribution in [1.29, 1.82) is 10.5 Å². The van der Waals surface area contributed by atoms with Crippen molar-refractivity contribution in [1.82, 2.24) is 18.9 Å². The van der Waals surface area contributed by atoms with Crippen LogP contribution in [0.25, 0.3) is 0 Å². The summed E-state index contributed by atoms with van der Waals surface area (Å²) in [6.45, 7) is 9.66. The van der Waals surface area contributed by atoms with Gasteiger partial charge in [-0.25, -0.2) is 38.1 Å². The number of furan rings is 4. The first-order chi connectivity index (χ1) is 59.8. The standard InChI is InChI=1S/C23H25N3O5S.C22H23F3N2O5S.C22H23N3O5S.C21H27N3O5S/c1-23(28)10-4-9-19-18(23)11-20(31-19)32(29,30)26-22(27)25-21-15-7-2-5-13(15)17(12-24)14-6-3-8-16(14)21;23-22(24,25)19-11-4-1-6-13(11)20(14-7-2-5-12(14)19)26-21(29)27-33(30,31)18-10-15-16(28)8-3-9-17(15)32-18;23-11-17-12-4-1-6-14(12)21(15-7-2-5-13(15)17)24-22(27)25-31(28,29)20-10-16-18(26)8-3-9-19(16)30-20;1-12(2)14-7-5-8-15(13(3)4)20(14)22-21(25)24-30(27,28)19-11-16-17(23-26)9-6-10-18(16)29-19/h11,28H,2-10H2,1H3,(H2,25,26,27);10,16,28H,1-9H2,(H2,26,27,29);10,18,26H,1-9H2,(H2,24,25,27);5,7-8,11-13,26H,6,9-10H2,1-4H3,(H2,22,24,25)/b;;;23-17-. The van der Waals surface area contributed by atoms with Crippen LogP contribution >= 0.6 is 0 Å². The Balaban J connectivity index is 0.000000130. The number of halogens is 3. The molecule has 0 radical (unpaired) electrons. The molecule has 0 fully saturated rings. The fraction of sp³-hybridized carbons (Fsp3) is 0.466. The van der Waals surface area contributed by atoms with E-state index in [1.165, 1.54) is 24.3 Å². The predicted molar refractivity (Wildman–Crippen MR) is 452 cm³/mol. The number of hydrogen-bond acceptors (Lipinski definition) is 23. The summed E-state index contributed by atoms with van der Waals surface area (Å²) in [5.41, 5.74) is 14.9. The van der Waals surface area contributed by atoms with Crippen molar-refractivity contribution < 1.29 is 104 Å². The van der Waals surface area contributed by atoms with Crippen LogP contribution in [-0.2, 0) is 155 Å². The summed E-state index contributed by atoms with van der Waals surface area (Å²) in [7, 11) is -17.1. The molecule has 3 unspecified atom stereocenters. The molecule has 10 aliphatic rings. The highest BCUT2D eigenvalue weighted by atomic mass is 32.2. The van der Waals surface area contributed by atoms with Crippen LogP contribution < -0.4 is 40.2 Å². The average Bonchev–Trinajstić information content (AvgIpc) is 1.58. The number of para-hydroxylation sites is 1. The minimum Gasteiger partial charge on any atom is -0.447 e. The van der Waals surface area contributed by atoms with Crippen molar-refractivity contribution in [2.75, 3.05) is 21.3 Å². The smallest absolute Gasteiger partial charge is 0.416 e. The fourth-order valence-corrected chi connectivity index (χ4v) is 23.2. The molecule has 18 rings (SSSR count). The monoisotopic (exact) mass is 1810 g/mol. The van der Waals surface area contributed by atoms with Crippen molar-refractivity contribution in [2.45, 2.75) is 283 Å². The van der Waals surface area contributed by atoms with E-state index in [9.17, 15) is 91.9 Å². The maximum Gasteiger partial charge on any atom is 0.416 e. The Morgan fingerprint density at radius 1 is 0.444 bits per heavy atom. The molecule has 670 valence electrons. The minimum atomic E-state index is -4.48. The van der Waals surface area contributed by atoms with E-state index in [2.05, 4.69) is 43.3 Å². The number of aliphatic hydroxyl groups excluding tert-OH is 2. The Labute approximate surface area is 726 Å². The molecule has 4 heterocycles. The highest BCUT2D eigenvalue weighted by molar-refractivity contribution is 7.90. The van der Waals surface area contributed by atoms with Gasteiger partial charge >= 0.3 is 30.3 Å². The fourth-order valence-electron chi connectivity index (χ4n) is 19.7. The lowest BCUT2D eigenvalue weighted by Crippen LogP contribution is -2.35. The topological polar surface area (TPSA) is 494 Å². The summed E-state index contributed by atoms with van der Waals surface area (Å²) in [6, 6.07) is 11.9. The molecule has 4 aromatic carbocycles. The van der Waals surface area contributed by atoms with Gasteiger partial charge in [0.1, 0.15) is 23.0 Å². The largest absolute Gasteiger partial charge is 0.447 e. The van der Waals surface area contributed by atoms with Gasteiger partial charge in [-0.05, 0) is 264 Å². The number of oxime groups is 1. The Morgan fingerprint density at radius 2 is 0.762 bits per heavy atom. The van der Waals surface area contributed by atoms with Gasteiger partial charge < -0.3 is 59.5 Å². The molecule has 0 bridgehead atoms. The third-order valence-electron chi connectivity index (χ3n) is 25.3. The van der Waals surface area contributed by atoms with Crippen molar-refractivity contribution in [3.8, 4) is 12.1 Å². The molecule has 12 N–H and O–H groups in total. The zero-order valence-electron chi connectivity index (χ0n) is 70.0. The quantitative estimate of drug-likeness (QED) is 0.0355. The van der Waals surface area contributed by atoms with Gasteiger partial charge in [-0.3, -0.25) is 0 Å². The highest BCUT2D eigenvalue weighted by Gasteiger charge is 2.44. The van der Waals surface area contributed by atoms with E-state index >= 15 is 0 Å². The van der Waals surface area contributed by atoms with Crippen LogP contribution in [0.2, 0.25) is 0 Å². The second-order valence-corrected chi connectivity index (χ2v) is 40.7. The number of benzene rings is 4. The number of nitriles is 2. The van der Waals surface area contributed by atoms with Crippen molar-refractivity contribution >= 4 is 92.7 Å². The lowest BCUT2D eigenvalue weighted by atomic mass is 9.85. The van der Waals surface area contributed by atoms with Gasteiger partial charge in [0.25, 0.3) is 40.1 Å². The molecule has 126 heavy (non-hydrogen) atoms. The Hall–Kier alpha value is -11.0. The number of nitrogens with zero attached hydrogens (tertiary/aromatic N) is 3. The van der Waals surface area contributed by atoms with E-state index in [4.69, 9.17) is 22.9 Å². The predicted octanol–water partition coefficient (Wildman–Crippen LogP) is 14.9. The van der Waals surface area contributed by atoms with Crippen molar-refractivity contribution in [3.05, 3.63) is 182 Å². The van der Waals surface area contributed by atoms with Crippen molar-refractivity contribution in [2.24, 2.45) is 5.16 Å². The molecule has 4 aromatic heterocycles. The molecule has 8 amide bonds. The molecular weight excluding hydrogens is 1720 g/mol. The van der Waals surface area contributed by atoms with Gasteiger partial charge in [0.2, 0.25) is 20.4 Å². The van der Waals surface area contributed by atoms with E-state index in [-0.39, 0.29) is 51.1 Å².